The molecule has 2 aliphatic heterocycles. The van der Waals surface area contributed by atoms with Crippen molar-refractivity contribution in [2.75, 3.05) is 81.5 Å². The van der Waals surface area contributed by atoms with Gasteiger partial charge in [-0.25, -0.2) is 8.78 Å². The smallest absolute Gasteiger partial charge is 0.410 e. The van der Waals surface area contributed by atoms with Crippen LogP contribution in [-0.2, 0) is 22.1 Å². The van der Waals surface area contributed by atoms with E-state index in [2.05, 4.69) is 62.1 Å². The number of aromatic nitrogens is 3. The van der Waals surface area contributed by atoms with Crippen molar-refractivity contribution in [1.82, 2.24) is 19.0 Å². The molecule has 8 rings (SSSR count). The molecule has 15 nitrogen and oxygen atoms in total. The number of aliphatic hydroxyl groups excluding tert-OH is 2. The summed E-state index contributed by atoms with van der Waals surface area (Å²) in [6.07, 6.45) is -9.16. The number of rotatable bonds is 18. The van der Waals surface area contributed by atoms with Crippen LogP contribution in [0.1, 0.15) is 82.1 Å². The first kappa shape index (κ1) is 61.1. The van der Waals surface area contributed by atoms with Gasteiger partial charge in [-0.2, -0.15) is 36.9 Å². The van der Waals surface area contributed by atoms with Crippen molar-refractivity contribution in [3.63, 3.8) is 0 Å². The summed E-state index contributed by atoms with van der Waals surface area (Å²) in [5.74, 6) is 10.3. The number of halogens is 8. The number of benzene rings is 3. The van der Waals surface area contributed by atoms with Crippen LogP contribution in [0.25, 0.3) is 21.8 Å². The van der Waals surface area contributed by atoms with Gasteiger partial charge in [0.05, 0.1) is 109 Å². The Balaban J connectivity index is 1.17. The number of anilines is 4. The molecular formula is C60H64F8N10O5. The standard InChI is InChI=1S/C60H64F8N10O5/c1-57(2,33-69)36-11-12-46(53(21-36)81-5)71-16-8-10-42-28-45-48(74-39-14-19-83-20-15-39)23-38(62)25-51(45)78(42)56(60(66,67)68)52-26-40(13-18-76(52)31-43(80)32-79)75-47-22-37(61)24-50-44(47)27-41(77(50)35-59(63,64)65)9-7-17-72-49-30-73-55(29-54(49)82-6)58(3,4)34-70/h11-12,21-25,27-30,39-40,43,52,56,71-72,74-75,79-80H,13-20,26,31-32,35H2,1-6H3. The largest absolute Gasteiger partial charge is 0.495 e. The van der Waals surface area contributed by atoms with Crippen LogP contribution in [0.2, 0.25) is 0 Å². The second-order valence-electron chi connectivity index (χ2n) is 21.7. The number of hydrogen-bond donors (Lipinski definition) is 6. The van der Waals surface area contributed by atoms with E-state index in [0.717, 1.165) is 27.3 Å². The van der Waals surface area contributed by atoms with Crippen LogP contribution < -0.4 is 30.7 Å². The molecule has 0 spiro atoms. The fourth-order valence-electron chi connectivity index (χ4n) is 10.6. The lowest BCUT2D eigenvalue weighted by atomic mass is 9.86. The molecule has 0 bridgehead atoms. The Bertz CT molecular complexity index is 3540. The molecule has 6 N–H and O–H groups in total. The lowest BCUT2D eigenvalue weighted by molar-refractivity contribution is -0.188. The van der Waals surface area contributed by atoms with Crippen molar-refractivity contribution in [1.29, 1.82) is 10.5 Å². The topological polar surface area (TPSA) is 190 Å². The number of ether oxygens (including phenoxy) is 3. The van der Waals surface area contributed by atoms with Crippen molar-refractivity contribution in [3.8, 4) is 47.3 Å². The van der Waals surface area contributed by atoms with Gasteiger partial charge in [-0.1, -0.05) is 17.9 Å². The molecule has 4 unspecified atom stereocenters. The van der Waals surface area contributed by atoms with Gasteiger partial charge in [-0.05, 0) is 119 Å². The van der Waals surface area contributed by atoms with Crippen LogP contribution in [0, 0.1) is 58.0 Å². The van der Waals surface area contributed by atoms with Crippen molar-refractivity contribution in [2.45, 2.75) is 113 Å². The number of methoxy groups -OCH3 is 2. The van der Waals surface area contributed by atoms with Crippen molar-refractivity contribution < 1.29 is 59.5 Å². The molecule has 2 fully saturated rings. The van der Waals surface area contributed by atoms with E-state index < -0.39 is 78.7 Å². The van der Waals surface area contributed by atoms with E-state index in [-0.39, 0.29) is 83.1 Å². The monoisotopic (exact) mass is 1160 g/mol. The zero-order valence-electron chi connectivity index (χ0n) is 46.5. The number of nitriles is 2. The van der Waals surface area contributed by atoms with Crippen molar-refractivity contribution in [3.05, 3.63) is 101 Å². The lowest BCUT2D eigenvalue weighted by Crippen LogP contribution is -2.55. The Morgan fingerprint density at radius 1 is 0.735 bits per heavy atom. The molecule has 3 aromatic heterocycles. The summed E-state index contributed by atoms with van der Waals surface area (Å²) in [6, 6.07) is 12.9. The number of piperidine rings is 1. The lowest BCUT2D eigenvalue weighted by Gasteiger charge is -2.45. The van der Waals surface area contributed by atoms with Gasteiger partial charge < -0.3 is 54.8 Å². The molecule has 5 heterocycles. The Labute approximate surface area is 475 Å². The molecule has 4 atom stereocenters. The molecule has 0 aliphatic carbocycles. The Morgan fingerprint density at radius 3 is 1.94 bits per heavy atom. The van der Waals surface area contributed by atoms with E-state index in [0.29, 0.717) is 60.2 Å². The third-order valence-electron chi connectivity index (χ3n) is 15.0. The zero-order valence-corrected chi connectivity index (χ0v) is 46.5. The van der Waals surface area contributed by atoms with Crippen LogP contribution in [0.4, 0.5) is 57.9 Å². The molecule has 6 aromatic rings. The summed E-state index contributed by atoms with van der Waals surface area (Å²) in [4.78, 5) is 5.74. The first-order chi connectivity index (χ1) is 39.4. The Hall–Kier alpha value is -7.93. The number of pyridine rings is 1. The number of aliphatic hydroxyl groups is 2. The highest BCUT2D eigenvalue weighted by Crippen LogP contribution is 2.45. The van der Waals surface area contributed by atoms with Gasteiger partial charge in [-0.15, -0.1) is 0 Å². The Kier molecular flexibility index (Phi) is 18.6. The van der Waals surface area contributed by atoms with Crippen LogP contribution in [0.15, 0.2) is 66.9 Å². The fraction of sp³-hybridized carbons (Fsp3) is 0.450. The summed E-state index contributed by atoms with van der Waals surface area (Å²) < 4.78 is 143. The van der Waals surface area contributed by atoms with E-state index in [9.17, 15) is 33.9 Å². The summed E-state index contributed by atoms with van der Waals surface area (Å²) in [7, 11) is 2.86. The minimum Gasteiger partial charge on any atom is -0.495 e. The van der Waals surface area contributed by atoms with Crippen LogP contribution >= 0.6 is 0 Å². The maximum atomic E-state index is 16.5. The highest BCUT2D eigenvalue weighted by Gasteiger charge is 2.51. The first-order valence-electron chi connectivity index (χ1n) is 26.8. The normalized spacial score (nSPS) is 17.1. The molecule has 0 amide bonds. The van der Waals surface area contributed by atoms with Crippen LogP contribution in [0.5, 0.6) is 11.5 Å². The predicted molar refractivity (Wildman–Crippen MR) is 299 cm³/mol. The van der Waals surface area contributed by atoms with E-state index in [1.807, 2.05) is 0 Å². The zero-order chi connectivity index (χ0) is 60.0. The average molecular weight is 1160 g/mol. The summed E-state index contributed by atoms with van der Waals surface area (Å²) in [6.45, 7) is 4.58. The molecule has 3 aromatic carbocycles. The third kappa shape index (κ3) is 14.3. The molecule has 83 heavy (non-hydrogen) atoms. The summed E-state index contributed by atoms with van der Waals surface area (Å²) in [5.41, 5.74) is -0.215. The highest BCUT2D eigenvalue weighted by atomic mass is 19.4. The van der Waals surface area contributed by atoms with E-state index in [1.165, 1.54) is 43.5 Å². The summed E-state index contributed by atoms with van der Waals surface area (Å²) >= 11 is 0. The number of likely N-dealkylation sites (tertiary alicyclic amines) is 1. The number of hydrogen-bond acceptors (Lipinski definition) is 13. The number of β-amino-alcohol motifs (C(OH)–C–C–N with tert-alkyl or cyclic N) is 1. The minimum atomic E-state index is -5.12. The number of alkyl halides is 6. The Morgan fingerprint density at radius 2 is 1.33 bits per heavy atom. The number of nitrogens with zero attached hydrogens (tertiary/aromatic N) is 6. The summed E-state index contributed by atoms with van der Waals surface area (Å²) in [5, 5.41) is 53.1. The van der Waals surface area contributed by atoms with Gasteiger partial charge in [0.15, 0.2) is 0 Å². The minimum absolute atomic E-state index is 0.0224. The third-order valence-corrected chi connectivity index (χ3v) is 15.0. The molecule has 0 radical (unpaired) electrons. The molecular weight excluding hydrogens is 1090 g/mol. The average Bonchev–Trinajstić information content (AvgIpc) is 2.29. The molecule has 0 saturated carbocycles. The number of nitrogens with one attached hydrogen (secondary N) is 4. The van der Waals surface area contributed by atoms with E-state index in [4.69, 9.17) is 14.2 Å². The van der Waals surface area contributed by atoms with Gasteiger partial charge in [0.1, 0.15) is 35.7 Å². The van der Waals surface area contributed by atoms with Gasteiger partial charge >= 0.3 is 12.4 Å². The first-order valence-corrected chi connectivity index (χ1v) is 26.8. The second-order valence-corrected chi connectivity index (χ2v) is 21.7. The van der Waals surface area contributed by atoms with Gasteiger partial charge in [0.2, 0.25) is 0 Å². The maximum Gasteiger partial charge on any atom is 0.410 e. The predicted octanol–water partition coefficient (Wildman–Crippen LogP) is 10.4. The fourth-order valence-corrected chi connectivity index (χ4v) is 10.6. The van der Waals surface area contributed by atoms with E-state index in [1.54, 1.807) is 52.0 Å². The van der Waals surface area contributed by atoms with Gasteiger partial charge in [0, 0.05) is 72.6 Å². The molecule has 2 saturated heterocycles. The van der Waals surface area contributed by atoms with Crippen LogP contribution in [-0.4, -0.2) is 126 Å². The highest BCUT2D eigenvalue weighted by molar-refractivity contribution is 5.95. The quantitative estimate of drug-likeness (QED) is 0.0353. The molecule has 2 aliphatic rings. The maximum absolute atomic E-state index is 16.5. The molecule has 440 valence electrons. The second kappa shape index (κ2) is 25.3. The van der Waals surface area contributed by atoms with E-state index >= 15 is 22.0 Å². The molecule has 23 heteroatoms. The van der Waals surface area contributed by atoms with Crippen molar-refractivity contribution >= 4 is 44.6 Å². The van der Waals surface area contributed by atoms with Gasteiger partial charge in [-0.3, -0.25) is 9.88 Å². The van der Waals surface area contributed by atoms with Gasteiger partial charge in [0.25, 0.3) is 0 Å². The van der Waals surface area contributed by atoms with Crippen LogP contribution in [0.3, 0.4) is 0 Å². The number of fused-ring (bicyclic) bond motifs is 2. The van der Waals surface area contributed by atoms with Crippen molar-refractivity contribution in [2.24, 2.45) is 0 Å². The SMILES string of the molecule is COc1cc(C(C)(C)C#N)ccc1NCC#Cc1cc2c(NC3CCOCC3)cc(F)cc2n1C(C1CC(Nc2cc(F)cc3c2cc(C#CCNc2cnc(C(C)(C)C#N)cc2OC)n3CC(F)(F)F)CCN1CC(O)CO)C(F)(F)F.